The molecule has 0 saturated carbocycles. The third-order valence-electron chi connectivity index (χ3n) is 3.41. The molecule has 4 nitrogen and oxygen atoms in total. The summed E-state index contributed by atoms with van der Waals surface area (Å²) in [5.74, 6) is -0.153. The fourth-order valence-corrected chi connectivity index (χ4v) is 2.31. The van der Waals surface area contributed by atoms with Gasteiger partial charge in [0.25, 0.3) is 0 Å². The molecule has 1 fully saturated rings. The first-order chi connectivity index (χ1) is 8.70. The van der Waals surface area contributed by atoms with Crippen molar-refractivity contribution in [1.82, 2.24) is 4.90 Å². The lowest BCUT2D eigenvalue weighted by Crippen LogP contribution is -2.48. The van der Waals surface area contributed by atoms with E-state index in [1.165, 1.54) is 18.4 Å². The van der Waals surface area contributed by atoms with E-state index in [1.54, 1.807) is 0 Å². The number of anilines is 1. The van der Waals surface area contributed by atoms with E-state index in [9.17, 15) is 4.79 Å². The first-order valence-corrected chi connectivity index (χ1v) is 6.30. The first-order valence-electron chi connectivity index (χ1n) is 6.30. The van der Waals surface area contributed by atoms with Crippen molar-refractivity contribution in [3.8, 4) is 0 Å². The van der Waals surface area contributed by atoms with Crippen LogP contribution in [0.1, 0.15) is 5.56 Å². The van der Waals surface area contributed by atoms with Crippen molar-refractivity contribution in [3.05, 3.63) is 29.8 Å². The highest BCUT2D eigenvalue weighted by molar-refractivity contribution is 5.71. The molecule has 1 aliphatic rings. The van der Waals surface area contributed by atoms with Crippen LogP contribution in [-0.2, 0) is 9.53 Å². The van der Waals surface area contributed by atoms with Gasteiger partial charge in [-0.1, -0.05) is 18.2 Å². The minimum Gasteiger partial charge on any atom is -0.468 e. The number of nitrogens with zero attached hydrogens (tertiary/aromatic N) is 2. The number of piperazine rings is 1. The van der Waals surface area contributed by atoms with Gasteiger partial charge in [0.05, 0.1) is 13.7 Å². The summed E-state index contributed by atoms with van der Waals surface area (Å²) in [7, 11) is 1.44. The Morgan fingerprint density at radius 1 is 1.22 bits per heavy atom. The van der Waals surface area contributed by atoms with Crippen LogP contribution in [0.4, 0.5) is 5.69 Å². The molecule has 0 bridgehead atoms. The van der Waals surface area contributed by atoms with E-state index < -0.39 is 0 Å². The Hall–Kier alpha value is -1.55. The summed E-state index contributed by atoms with van der Waals surface area (Å²) in [4.78, 5) is 15.7. The van der Waals surface area contributed by atoms with Crippen molar-refractivity contribution in [1.29, 1.82) is 0 Å². The minimum atomic E-state index is -0.153. The minimum absolute atomic E-state index is 0.153. The molecule has 1 aromatic rings. The number of carbonyl (C=O) groups is 1. The standard InChI is InChI=1S/C14H20N2O2/c1-12-5-3-4-6-13(12)16-9-7-15(8-10-16)11-14(17)18-2/h3-6H,7-11H2,1-2H3. The monoisotopic (exact) mass is 248 g/mol. The number of rotatable bonds is 3. The maximum atomic E-state index is 11.2. The van der Waals surface area contributed by atoms with E-state index in [2.05, 4.69) is 45.7 Å². The molecule has 2 rings (SSSR count). The van der Waals surface area contributed by atoms with Gasteiger partial charge in [0.2, 0.25) is 0 Å². The second-order valence-electron chi connectivity index (χ2n) is 4.63. The molecule has 0 radical (unpaired) electrons. The Kier molecular flexibility index (Phi) is 4.20. The topological polar surface area (TPSA) is 32.8 Å². The SMILES string of the molecule is COC(=O)CN1CCN(c2ccccc2C)CC1. The summed E-state index contributed by atoms with van der Waals surface area (Å²) in [5.41, 5.74) is 2.61. The summed E-state index contributed by atoms with van der Waals surface area (Å²) >= 11 is 0. The molecule has 0 amide bonds. The molecule has 98 valence electrons. The molecule has 4 heteroatoms. The Balaban J connectivity index is 1.91. The van der Waals surface area contributed by atoms with Crippen molar-refractivity contribution >= 4 is 11.7 Å². The highest BCUT2D eigenvalue weighted by atomic mass is 16.5. The molecule has 1 saturated heterocycles. The van der Waals surface area contributed by atoms with Crippen LogP contribution in [-0.4, -0.2) is 50.7 Å². The number of para-hydroxylation sites is 1. The lowest BCUT2D eigenvalue weighted by Gasteiger charge is -2.36. The van der Waals surface area contributed by atoms with Gasteiger partial charge in [0, 0.05) is 31.9 Å². The van der Waals surface area contributed by atoms with Crippen molar-refractivity contribution in [3.63, 3.8) is 0 Å². The van der Waals surface area contributed by atoms with Gasteiger partial charge in [-0.05, 0) is 18.6 Å². The molecule has 0 spiro atoms. The van der Waals surface area contributed by atoms with E-state index >= 15 is 0 Å². The van der Waals surface area contributed by atoms with Gasteiger partial charge in [-0.3, -0.25) is 9.69 Å². The zero-order valence-electron chi connectivity index (χ0n) is 11.1. The van der Waals surface area contributed by atoms with Crippen LogP contribution in [0.3, 0.4) is 0 Å². The van der Waals surface area contributed by atoms with Gasteiger partial charge >= 0.3 is 5.97 Å². The third kappa shape index (κ3) is 3.01. The first kappa shape index (κ1) is 12.9. The quantitative estimate of drug-likeness (QED) is 0.755. The van der Waals surface area contributed by atoms with Crippen LogP contribution in [0.2, 0.25) is 0 Å². The second-order valence-corrected chi connectivity index (χ2v) is 4.63. The van der Waals surface area contributed by atoms with Gasteiger partial charge in [-0.25, -0.2) is 0 Å². The molecule has 0 aromatic heterocycles. The number of carbonyl (C=O) groups excluding carboxylic acids is 1. The van der Waals surface area contributed by atoms with E-state index in [0.717, 1.165) is 26.2 Å². The predicted octanol–water partition coefficient (Wildman–Crippen LogP) is 1.29. The molecule has 18 heavy (non-hydrogen) atoms. The van der Waals surface area contributed by atoms with Gasteiger partial charge in [-0.15, -0.1) is 0 Å². The molecule has 0 atom stereocenters. The average molecular weight is 248 g/mol. The van der Waals surface area contributed by atoms with Crippen LogP contribution in [0.25, 0.3) is 0 Å². The molecule has 0 unspecified atom stereocenters. The van der Waals surface area contributed by atoms with Gasteiger partial charge in [0.15, 0.2) is 0 Å². The molecule has 0 N–H and O–H groups in total. The molecule has 1 heterocycles. The summed E-state index contributed by atoms with van der Waals surface area (Å²) in [6, 6.07) is 8.43. The maximum absolute atomic E-state index is 11.2. The Labute approximate surface area is 108 Å². The van der Waals surface area contributed by atoms with Crippen LogP contribution >= 0.6 is 0 Å². The highest BCUT2D eigenvalue weighted by Crippen LogP contribution is 2.20. The normalized spacial score (nSPS) is 16.7. The summed E-state index contributed by atoms with van der Waals surface area (Å²) in [6.07, 6.45) is 0. The van der Waals surface area contributed by atoms with Crippen LogP contribution in [0.15, 0.2) is 24.3 Å². The van der Waals surface area contributed by atoms with Crippen LogP contribution < -0.4 is 4.90 Å². The molecular weight excluding hydrogens is 228 g/mol. The number of hydrogen-bond donors (Lipinski definition) is 0. The lowest BCUT2D eigenvalue weighted by atomic mass is 10.1. The fourth-order valence-electron chi connectivity index (χ4n) is 2.31. The summed E-state index contributed by atoms with van der Waals surface area (Å²) < 4.78 is 4.69. The molecule has 1 aliphatic heterocycles. The second kappa shape index (κ2) is 5.87. The van der Waals surface area contributed by atoms with Gasteiger partial charge in [-0.2, -0.15) is 0 Å². The smallest absolute Gasteiger partial charge is 0.319 e. The van der Waals surface area contributed by atoms with E-state index in [1.807, 2.05) is 0 Å². The number of aryl methyl sites for hydroxylation is 1. The number of ether oxygens (including phenoxy) is 1. The fraction of sp³-hybridized carbons (Fsp3) is 0.500. The number of hydrogen-bond acceptors (Lipinski definition) is 4. The molecule has 1 aromatic carbocycles. The van der Waals surface area contributed by atoms with Crippen LogP contribution in [0.5, 0.6) is 0 Å². The lowest BCUT2D eigenvalue weighted by molar-refractivity contribution is -0.142. The average Bonchev–Trinajstić information content (AvgIpc) is 2.40. The zero-order valence-corrected chi connectivity index (χ0v) is 11.1. The largest absolute Gasteiger partial charge is 0.468 e. The number of benzene rings is 1. The van der Waals surface area contributed by atoms with E-state index in [-0.39, 0.29) is 5.97 Å². The number of esters is 1. The van der Waals surface area contributed by atoms with Gasteiger partial charge < -0.3 is 9.64 Å². The Morgan fingerprint density at radius 2 is 1.89 bits per heavy atom. The van der Waals surface area contributed by atoms with Crippen molar-refractivity contribution in [2.45, 2.75) is 6.92 Å². The van der Waals surface area contributed by atoms with E-state index in [0.29, 0.717) is 6.54 Å². The summed E-state index contributed by atoms with van der Waals surface area (Å²) in [5, 5.41) is 0. The molecular formula is C14H20N2O2. The van der Waals surface area contributed by atoms with E-state index in [4.69, 9.17) is 0 Å². The molecule has 0 aliphatic carbocycles. The Bertz CT molecular complexity index is 412. The Morgan fingerprint density at radius 3 is 2.50 bits per heavy atom. The third-order valence-corrected chi connectivity index (χ3v) is 3.41. The number of methoxy groups -OCH3 is 1. The highest BCUT2D eigenvalue weighted by Gasteiger charge is 2.19. The summed E-state index contributed by atoms with van der Waals surface area (Å²) in [6.45, 7) is 6.27. The van der Waals surface area contributed by atoms with Crippen molar-refractivity contribution in [2.75, 3.05) is 44.7 Å². The zero-order chi connectivity index (χ0) is 13.0. The maximum Gasteiger partial charge on any atom is 0.319 e. The van der Waals surface area contributed by atoms with Gasteiger partial charge in [0.1, 0.15) is 0 Å². The van der Waals surface area contributed by atoms with Crippen molar-refractivity contribution in [2.24, 2.45) is 0 Å². The predicted molar refractivity (Wildman–Crippen MR) is 71.8 cm³/mol. The van der Waals surface area contributed by atoms with Crippen LogP contribution in [0, 0.1) is 6.92 Å². The van der Waals surface area contributed by atoms with Crippen molar-refractivity contribution < 1.29 is 9.53 Å².